The third-order valence-electron chi connectivity index (χ3n) is 7.26. The predicted molar refractivity (Wildman–Crippen MR) is 163 cm³/mol. The summed E-state index contributed by atoms with van der Waals surface area (Å²) in [6.45, 7) is 9.37. The molecule has 0 aromatic heterocycles. The van der Waals surface area contributed by atoms with Crippen molar-refractivity contribution in [3.63, 3.8) is 0 Å². The van der Waals surface area contributed by atoms with Gasteiger partial charge < -0.3 is 0 Å². The molecule has 33 heavy (non-hydrogen) atoms. The van der Waals surface area contributed by atoms with Gasteiger partial charge in [-0.15, -0.1) is 15.8 Å². The molecule has 0 amide bonds. The smallest absolute Gasteiger partial charge is 0.0323 e. The minimum atomic E-state index is 0.335. The zero-order valence-corrected chi connectivity index (χ0v) is 25.8. The van der Waals surface area contributed by atoms with Gasteiger partial charge in [0.1, 0.15) is 0 Å². The van der Waals surface area contributed by atoms with E-state index >= 15 is 0 Å². The van der Waals surface area contributed by atoms with Crippen LogP contribution in [-0.2, 0) is 0 Å². The van der Waals surface area contributed by atoms with E-state index in [9.17, 15) is 0 Å². The molecule has 0 atom stereocenters. The molecule has 0 radical (unpaired) electrons. The van der Waals surface area contributed by atoms with E-state index in [4.69, 9.17) is 0 Å². The average Bonchev–Trinajstić information content (AvgIpc) is 2.82. The first-order chi connectivity index (χ1) is 16.3. The van der Waals surface area contributed by atoms with Crippen molar-refractivity contribution in [2.24, 2.45) is 0 Å². The van der Waals surface area contributed by atoms with E-state index < -0.39 is 0 Å². The van der Waals surface area contributed by atoms with E-state index in [2.05, 4.69) is 27.7 Å². The van der Waals surface area contributed by atoms with E-state index in [1.54, 1.807) is 43.4 Å². The number of rotatable bonds is 28. The Morgan fingerprint density at radius 2 is 0.455 bits per heavy atom. The van der Waals surface area contributed by atoms with Crippen molar-refractivity contribution >= 4 is 15.8 Å². The van der Waals surface area contributed by atoms with Gasteiger partial charge in [0, 0.05) is 0 Å². The molecule has 0 aliphatic rings. The lowest BCUT2D eigenvalue weighted by molar-refractivity contribution is 0.651. The molecule has 0 fully saturated rings. The Kier molecular flexibility index (Phi) is 29.9. The van der Waals surface area contributed by atoms with Gasteiger partial charge in [-0.2, -0.15) is 0 Å². The van der Waals surface area contributed by atoms with Crippen LogP contribution >= 0.6 is 15.8 Å². The van der Waals surface area contributed by atoms with Crippen molar-refractivity contribution in [3.8, 4) is 0 Å². The van der Waals surface area contributed by atoms with Crippen molar-refractivity contribution in [1.29, 1.82) is 0 Å². The molecule has 0 spiro atoms. The first kappa shape index (κ1) is 33.9. The Morgan fingerprint density at radius 3 is 0.697 bits per heavy atom. The summed E-state index contributed by atoms with van der Waals surface area (Å²) in [5, 5.41) is 0. The molecular weight excluding hydrogens is 434 g/mol. The molecule has 0 rings (SSSR count). The summed E-state index contributed by atoms with van der Waals surface area (Å²) >= 11 is 0. The summed E-state index contributed by atoms with van der Waals surface area (Å²) < 4.78 is 0. The summed E-state index contributed by atoms with van der Waals surface area (Å²) in [6, 6.07) is 0. The highest BCUT2D eigenvalue weighted by atomic mass is 31.1. The zero-order valence-electron chi connectivity index (χ0n) is 24.0. The minimum absolute atomic E-state index is 0.335. The molecule has 0 aliphatic carbocycles. The topological polar surface area (TPSA) is 0 Å². The molecule has 0 aliphatic heterocycles. The van der Waals surface area contributed by atoms with Gasteiger partial charge in [0.25, 0.3) is 0 Å². The molecule has 0 aromatic rings. The molecule has 2 heteroatoms. The Morgan fingerprint density at radius 1 is 0.242 bits per heavy atom. The van der Waals surface area contributed by atoms with Gasteiger partial charge >= 0.3 is 0 Å². The van der Waals surface area contributed by atoms with Crippen molar-refractivity contribution in [3.05, 3.63) is 0 Å². The third-order valence-corrected chi connectivity index (χ3v) is 13.0. The second-order valence-electron chi connectivity index (χ2n) is 10.7. The van der Waals surface area contributed by atoms with E-state index in [0.29, 0.717) is 15.8 Å². The van der Waals surface area contributed by atoms with Gasteiger partial charge in [0.15, 0.2) is 0 Å². The summed E-state index contributed by atoms with van der Waals surface area (Å²) in [4.78, 5) is 0. The van der Waals surface area contributed by atoms with Gasteiger partial charge in [-0.1, -0.05) is 130 Å². The van der Waals surface area contributed by atoms with Gasteiger partial charge in [-0.05, 0) is 69.1 Å². The van der Waals surface area contributed by atoms with Crippen LogP contribution in [0.1, 0.15) is 163 Å². The van der Waals surface area contributed by atoms with Gasteiger partial charge in [0.2, 0.25) is 0 Å². The molecule has 0 aromatic carbocycles. The predicted octanol–water partition coefficient (Wildman–Crippen LogP) is 12.2. The molecule has 200 valence electrons. The second-order valence-corrected chi connectivity index (χ2v) is 16.1. The fourth-order valence-corrected chi connectivity index (χ4v) is 10.4. The summed E-state index contributed by atoms with van der Waals surface area (Å²) in [5.41, 5.74) is 0. The summed E-state index contributed by atoms with van der Waals surface area (Å²) in [6.07, 6.45) is 40.6. The minimum Gasteiger partial charge on any atom is -0.107 e. The van der Waals surface area contributed by atoms with Crippen molar-refractivity contribution < 1.29 is 0 Å². The van der Waals surface area contributed by atoms with Crippen LogP contribution in [0.2, 0.25) is 0 Å². The molecule has 0 unspecified atom stereocenters. The largest absolute Gasteiger partial charge is 0.107 e. The zero-order chi connectivity index (χ0) is 24.2. The van der Waals surface area contributed by atoms with Crippen LogP contribution in [0.25, 0.3) is 0 Å². The van der Waals surface area contributed by atoms with Crippen LogP contribution in [0.4, 0.5) is 0 Å². The Balaban J connectivity index is 4.35. The monoisotopic (exact) mass is 500 g/mol. The lowest BCUT2D eigenvalue weighted by atomic mass is 10.2. The maximum absolute atomic E-state index is 2.34. The Bertz CT molecular complexity index is 284. The summed E-state index contributed by atoms with van der Waals surface area (Å²) in [7, 11) is 0.671. The van der Waals surface area contributed by atoms with Gasteiger partial charge in [-0.3, -0.25) is 0 Å². The fourth-order valence-electron chi connectivity index (χ4n) is 4.94. The standard InChI is InChI=1S/C31H66P2/c1-5-9-13-17-21-26-32(27-22-18-14-10-6-2)30-25-31-33(28-23-19-15-11-7-3)29-24-20-16-12-8-4/h5-31H2,1-4H3. The normalized spacial score (nSPS) is 11.8. The Labute approximate surface area is 215 Å². The quantitative estimate of drug-likeness (QED) is 0.0740. The first-order valence-electron chi connectivity index (χ1n) is 15.7. The van der Waals surface area contributed by atoms with E-state index in [0.717, 1.165) is 0 Å². The molecule has 0 saturated heterocycles. The molecule has 0 nitrogen and oxygen atoms in total. The van der Waals surface area contributed by atoms with Crippen molar-refractivity contribution in [1.82, 2.24) is 0 Å². The number of hydrogen-bond acceptors (Lipinski definition) is 0. The number of hydrogen-bond donors (Lipinski definition) is 0. The van der Waals surface area contributed by atoms with Crippen LogP contribution in [0.15, 0.2) is 0 Å². The maximum atomic E-state index is 2.34. The molecule has 0 N–H and O–H groups in total. The highest BCUT2D eigenvalue weighted by Crippen LogP contribution is 2.43. The van der Waals surface area contributed by atoms with E-state index in [1.807, 2.05) is 0 Å². The SMILES string of the molecule is CCCCCCCP(CCCCCCC)CCCP(CCCCCCC)CCCCCCC. The Hall–Kier alpha value is 0.860. The number of unbranched alkanes of at least 4 members (excludes halogenated alkanes) is 16. The lowest BCUT2D eigenvalue weighted by Gasteiger charge is -2.21. The van der Waals surface area contributed by atoms with Gasteiger partial charge in [0.05, 0.1) is 0 Å². The van der Waals surface area contributed by atoms with Crippen LogP contribution in [-0.4, -0.2) is 37.0 Å². The first-order valence-corrected chi connectivity index (χ1v) is 19.5. The van der Waals surface area contributed by atoms with Crippen molar-refractivity contribution in [2.45, 2.75) is 163 Å². The maximum Gasteiger partial charge on any atom is -0.0323 e. The average molecular weight is 501 g/mol. The van der Waals surface area contributed by atoms with Crippen molar-refractivity contribution in [2.75, 3.05) is 37.0 Å². The third kappa shape index (κ3) is 25.8. The highest BCUT2D eigenvalue weighted by Gasteiger charge is 2.12. The molecule has 0 heterocycles. The van der Waals surface area contributed by atoms with Crippen LogP contribution in [0.5, 0.6) is 0 Å². The highest BCUT2D eigenvalue weighted by molar-refractivity contribution is 7.58. The van der Waals surface area contributed by atoms with Crippen LogP contribution in [0, 0.1) is 0 Å². The van der Waals surface area contributed by atoms with Crippen LogP contribution in [0.3, 0.4) is 0 Å². The van der Waals surface area contributed by atoms with E-state index in [1.165, 1.54) is 128 Å². The second kappa shape index (κ2) is 29.1. The summed E-state index contributed by atoms with van der Waals surface area (Å²) in [5.74, 6) is 0. The lowest BCUT2D eigenvalue weighted by Crippen LogP contribution is -2.01. The van der Waals surface area contributed by atoms with Gasteiger partial charge in [-0.25, -0.2) is 0 Å². The van der Waals surface area contributed by atoms with Crippen LogP contribution < -0.4 is 0 Å². The van der Waals surface area contributed by atoms with E-state index in [-0.39, 0.29) is 0 Å². The molecular formula is C31H66P2. The molecule has 0 saturated carbocycles. The fraction of sp³-hybridized carbons (Fsp3) is 1.00. The molecule has 0 bridgehead atoms.